The molecule has 1 aromatic carbocycles. The van der Waals surface area contributed by atoms with Crippen LogP contribution in [0.1, 0.15) is 66.2 Å². The number of rotatable bonds is 4. The lowest BCUT2D eigenvalue weighted by Crippen LogP contribution is -2.37. The van der Waals surface area contributed by atoms with E-state index in [0.717, 1.165) is 36.8 Å². The molecule has 0 unspecified atom stereocenters. The molecule has 1 aliphatic carbocycles. The molecule has 5 rings (SSSR count). The summed E-state index contributed by atoms with van der Waals surface area (Å²) < 4.78 is 3.34. The van der Waals surface area contributed by atoms with Crippen molar-refractivity contribution in [3.8, 4) is 0 Å². The molecule has 0 spiro atoms. The maximum atomic E-state index is 13.5. The van der Waals surface area contributed by atoms with Gasteiger partial charge in [-0.1, -0.05) is 49.2 Å². The lowest BCUT2D eigenvalue weighted by Gasteiger charge is -2.21. The van der Waals surface area contributed by atoms with E-state index in [9.17, 15) is 9.59 Å². The van der Waals surface area contributed by atoms with Gasteiger partial charge in [0.2, 0.25) is 0 Å². The fourth-order valence-electron chi connectivity index (χ4n) is 4.85. The highest BCUT2D eigenvalue weighted by Gasteiger charge is 2.25. The van der Waals surface area contributed by atoms with Crippen LogP contribution in [-0.2, 0) is 0 Å². The van der Waals surface area contributed by atoms with E-state index < -0.39 is 0 Å². The van der Waals surface area contributed by atoms with Crippen LogP contribution in [-0.4, -0.2) is 19.9 Å². The van der Waals surface area contributed by atoms with Gasteiger partial charge in [0, 0.05) is 12.2 Å². The van der Waals surface area contributed by atoms with E-state index in [2.05, 4.69) is 5.32 Å². The summed E-state index contributed by atoms with van der Waals surface area (Å²) >= 11 is 0. The predicted octanol–water partition coefficient (Wildman–Crippen LogP) is 4.04. The number of carbonyl (C=O) groups is 1. The zero-order valence-electron chi connectivity index (χ0n) is 18.8. The molecule has 3 heterocycles. The molecule has 33 heavy (non-hydrogen) atoms. The molecule has 1 aliphatic rings. The summed E-state index contributed by atoms with van der Waals surface area (Å²) in [4.78, 5) is 31.6. The number of nitrogens with one attached hydrogen (secondary N) is 2. The van der Waals surface area contributed by atoms with Crippen molar-refractivity contribution in [2.75, 3.05) is 0 Å². The van der Waals surface area contributed by atoms with Gasteiger partial charge in [-0.15, -0.1) is 0 Å². The number of aryl methyl sites for hydroxylation is 1. The first-order valence-electron chi connectivity index (χ1n) is 11.4. The molecule has 0 bridgehead atoms. The molecule has 1 fully saturated rings. The number of pyridine rings is 2. The summed E-state index contributed by atoms with van der Waals surface area (Å²) in [6.45, 7) is 3.83. The maximum absolute atomic E-state index is 13.5. The zero-order chi connectivity index (χ0) is 23.1. The topological polar surface area (TPSA) is 92.3 Å². The van der Waals surface area contributed by atoms with Crippen LogP contribution >= 0.6 is 0 Å². The Bertz CT molecular complexity index is 1480. The van der Waals surface area contributed by atoms with Gasteiger partial charge in [-0.05, 0) is 49.9 Å². The van der Waals surface area contributed by atoms with Gasteiger partial charge >= 0.3 is 0 Å². The second-order valence-electron chi connectivity index (χ2n) is 8.86. The van der Waals surface area contributed by atoms with Crippen molar-refractivity contribution in [2.24, 2.45) is 0 Å². The SMILES string of the molecule is Cc1cccn2c(=O)c3cc(C(=O)N[C@H](C)c4ccccc4)c(=N)n(C4CCCC4)c3nc12. The number of aromatic nitrogens is 3. The van der Waals surface area contributed by atoms with Crippen LogP contribution in [0.2, 0.25) is 0 Å². The van der Waals surface area contributed by atoms with E-state index in [1.165, 1.54) is 4.40 Å². The summed E-state index contributed by atoms with van der Waals surface area (Å²) in [5, 5.41) is 12.3. The number of carbonyl (C=O) groups excluding carboxylic acids is 1. The first-order valence-corrected chi connectivity index (χ1v) is 11.4. The minimum Gasteiger partial charge on any atom is -0.345 e. The fourth-order valence-corrected chi connectivity index (χ4v) is 4.85. The van der Waals surface area contributed by atoms with Crippen LogP contribution in [0.3, 0.4) is 0 Å². The van der Waals surface area contributed by atoms with E-state index in [0.29, 0.717) is 16.7 Å². The highest BCUT2D eigenvalue weighted by Crippen LogP contribution is 2.30. The van der Waals surface area contributed by atoms with Crippen molar-refractivity contribution in [2.45, 2.75) is 51.6 Å². The smallest absolute Gasteiger partial charge is 0.267 e. The van der Waals surface area contributed by atoms with Gasteiger partial charge in [0.25, 0.3) is 11.5 Å². The summed E-state index contributed by atoms with van der Waals surface area (Å²) in [5.41, 5.74) is 3.01. The third kappa shape index (κ3) is 3.63. The van der Waals surface area contributed by atoms with Crippen molar-refractivity contribution < 1.29 is 4.79 Å². The average molecular weight is 442 g/mol. The van der Waals surface area contributed by atoms with Crippen molar-refractivity contribution in [3.63, 3.8) is 0 Å². The molecular weight excluding hydrogens is 414 g/mol. The second-order valence-corrected chi connectivity index (χ2v) is 8.86. The maximum Gasteiger partial charge on any atom is 0.267 e. The molecule has 2 N–H and O–H groups in total. The third-order valence-corrected chi connectivity index (χ3v) is 6.66. The van der Waals surface area contributed by atoms with Gasteiger partial charge in [-0.3, -0.25) is 19.4 Å². The van der Waals surface area contributed by atoms with Gasteiger partial charge in [0.05, 0.1) is 17.0 Å². The number of hydrogen-bond acceptors (Lipinski definition) is 4. The first-order chi connectivity index (χ1) is 16.0. The van der Waals surface area contributed by atoms with Gasteiger partial charge < -0.3 is 9.88 Å². The number of fused-ring (bicyclic) bond motifs is 2. The first kappa shape index (κ1) is 21.1. The molecule has 0 aliphatic heterocycles. The van der Waals surface area contributed by atoms with E-state index in [1.54, 1.807) is 12.3 Å². The largest absolute Gasteiger partial charge is 0.345 e. The van der Waals surface area contributed by atoms with E-state index in [4.69, 9.17) is 10.4 Å². The lowest BCUT2D eigenvalue weighted by molar-refractivity contribution is 0.0937. The van der Waals surface area contributed by atoms with Crippen LogP contribution in [0.5, 0.6) is 0 Å². The highest BCUT2D eigenvalue weighted by molar-refractivity contribution is 5.97. The summed E-state index contributed by atoms with van der Waals surface area (Å²) in [7, 11) is 0. The van der Waals surface area contributed by atoms with Crippen molar-refractivity contribution in [1.29, 1.82) is 5.41 Å². The van der Waals surface area contributed by atoms with Gasteiger partial charge in [-0.2, -0.15) is 0 Å². The van der Waals surface area contributed by atoms with Crippen molar-refractivity contribution in [1.82, 2.24) is 19.3 Å². The predicted molar refractivity (Wildman–Crippen MR) is 127 cm³/mol. The molecule has 7 nitrogen and oxygen atoms in total. The van der Waals surface area contributed by atoms with Crippen molar-refractivity contribution in [3.05, 3.63) is 87.3 Å². The second kappa shape index (κ2) is 8.31. The summed E-state index contributed by atoms with van der Waals surface area (Å²) in [6.07, 6.45) is 5.64. The Labute approximate surface area is 191 Å². The van der Waals surface area contributed by atoms with Crippen LogP contribution in [0.25, 0.3) is 16.7 Å². The summed E-state index contributed by atoms with van der Waals surface area (Å²) in [6, 6.07) is 14.8. The Morgan fingerprint density at radius 3 is 2.58 bits per heavy atom. The molecule has 0 radical (unpaired) electrons. The Hall–Kier alpha value is -3.74. The zero-order valence-corrected chi connectivity index (χ0v) is 18.8. The van der Waals surface area contributed by atoms with Crippen LogP contribution in [0.4, 0.5) is 0 Å². The Kier molecular flexibility index (Phi) is 5.32. The molecule has 0 saturated heterocycles. The average Bonchev–Trinajstić information content (AvgIpc) is 3.34. The fraction of sp³-hybridized carbons (Fsp3) is 0.308. The van der Waals surface area contributed by atoms with Crippen LogP contribution in [0, 0.1) is 12.3 Å². The normalized spacial score (nSPS) is 15.2. The molecule has 7 heteroatoms. The number of nitrogens with zero attached hydrogens (tertiary/aromatic N) is 3. The molecule has 1 amide bonds. The lowest BCUT2D eigenvalue weighted by atomic mass is 10.1. The van der Waals surface area contributed by atoms with Crippen LogP contribution < -0.4 is 16.4 Å². The molecular formula is C26H27N5O2. The number of amides is 1. The van der Waals surface area contributed by atoms with E-state index in [-0.39, 0.29) is 34.6 Å². The van der Waals surface area contributed by atoms with Gasteiger partial charge in [-0.25, -0.2) is 4.98 Å². The quantitative estimate of drug-likeness (QED) is 0.468. The minimum absolute atomic E-state index is 0.0534. The molecule has 3 aromatic heterocycles. The molecule has 4 aromatic rings. The minimum atomic E-state index is -0.362. The Morgan fingerprint density at radius 1 is 1.12 bits per heavy atom. The number of hydrogen-bond donors (Lipinski definition) is 2. The van der Waals surface area contributed by atoms with E-state index >= 15 is 0 Å². The van der Waals surface area contributed by atoms with Crippen LogP contribution in [0.15, 0.2) is 59.5 Å². The number of benzene rings is 1. The third-order valence-electron chi connectivity index (χ3n) is 6.66. The summed E-state index contributed by atoms with van der Waals surface area (Å²) in [5.74, 6) is -0.362. The molecule has 1 saturated carbocycles. The molecule has 168 valence electrons. The van der Waals surface area contributed by atoms with Crippen molar-refractivity contribution >= 4 is 22.6 Å². The van der Waals surface area contributed by atoms with Gasteiger partial charge in [0.15, 0.2) is 0 Å². The molecule has 1 atom stereocenters. The van der Waals surface area contributed by atoms with E-state index in [1.807, 2.05) is 60.9 Å². The Balaban J connectivity index is 1.71. The standard InChI is InChI=1S/C26H27N5O2/c1-16-9-8-14-30-23(16)29-24-21(26(30)33)15-20(22(27)31(24)19-12-6-7-13-19)25(32)28-17(2)18-10-4-3-5-11-18/h3-5,8-11,14-15,17,19,27H,6-7,12-13H2,1-2H3,(H,28,32)/t17-/m1/s1. The monoisotopic (exact) mass is 441 g/mol. The highest BCUT2D eigenvalue weighted by atomic mass is 16.2. The van der Waals surface area contributed by atoms with Gasteiger partial charge in [0.1, 0.15) is 16.8 Å². The Morgan fingerprint density at radius 2 is 1.85 bits per heavy atom.